The first kappa shape index (κ1) is 23.4. The molecule has 172 valence electrons. The second kappa shape index (κ2) is 11.4. The number of allylic oxidation sites excluding steroid dienone is 1. The molecule has 8 heteroatoms. The predicted octanol–water partition coefficient (Wildman–Crippen LogP) is 5.48. The summed E-state index contributed by atoms with van der Waals surface area (Å²) in [6.45, 7) is 8.60. The fourth-order valence-corrected chi connectivity index (χ4v) is 5.29. The van der Waals surface area contributed by atoms with E-state index in [0.717, 1.165) is 60.6 Å². The lowest BCUT2D eigenvalue weighted by molar-refractivity contribution is 0.452. The van der Waals surface area contributed by atoms with Gasteiger partial charge in [-0.15, -0.1) is 11.3 Å². The van der Waals surface area contributed by atoms with E-state index in [2.05, 4.69) is 56.3 Å². The number of fused-ring (bicyclic) bond motifs is 1. The van der Waals surface area contributed by atoms with E-state index in [9.17, 15) is 0 Å². The van der Waals surface area contributed by atoms with Crippen LogP contribution in [0.15, 0.2) is 35.6 Å². The molecule has 0 aromatic carbocycles. The molecule has 4 rings (SSSR count). The number of hydrogen-bond donors (Lipinski definition) is 2. The maximum Gasteiger partial charge on any atom is 0.224 e. The molecule has 0 saturated heterocycles. The van der Waals surface area contributed by atoms with Gasteiger partial charge in [0.2, 0.25) is 5.28 Å². The normalized spacial score (nSPS) is 19.3. The van der Waals surface area contributed by atoms with Gasteiger partial charge in [0.1, 0.15) is 10.7 Å². The minimum absolute atomic E-state index is 0.299. The zero-order valence-corrected chi connectivity index (χ0v) is 20.6. The van der Waals surface area contributed by atoms with E-state index in [4.69, 9.17) is 11.6 Å². The van der Waals surface area contributed by atoms with Crippen LogP contribution in [0.25, 0.3) is 21.6 Å². The van der Waals surface area contributed by atoms with Crippen molar-refractivity contribution in [1.82, 2.24) is 30.2 Å². The van der Waals surface area contributed by atoms with Crippen LogP contribution in [0.5, 0.6) is 0 Å². The fourth-order valence-electron chi connectivity index (χ4n) is 4.50. The minimum atomic E-state index is 0.299. The number of thiazole rings is 1. The summed E-state index contributed by atoms with van der Waals surface area (Å²) in [4.78, 5) is 13.3. The zero-order chi connectivity index (χ0) is 22.3. The summed E-state index contributed by atoms with van der Waals surface area (Å²) in [6.07, 6.45) is 13.9. The zero-order valence-electron chi connectivity index (χ0n) is 19.0. The third-order valence-electron chi connectivity index (χ3n) is 6.44. The van der Waals surface area contributed by atoms with Crippen LogP contribution in [0.4, 0.5) is 0 Å². The molecule has 3 aromatic heterocycles. The summed E-state index contributed by atoms with van der Waals surface area (Å²) in [5.41, 5.74) is 3.48. The quantitative estimate of drug-likeness (QED) is 0.220. The second-order valence-electron chi connectivity index (χ2n) is 8.69. The topological polar surface area (TPSA) is 67.7 Å². The highest BCUT2D eigenvalue weighted by molar-refractivity contribution is 7.13. The van der Waals surface area contributed by atoms with Gasteiger partial charge in [0.05, 0.1) is 0 Å². The summed E-state index contributed by atoms with van der Waals surface area (Å²) in [5.74, 6) is 0.698. The summed E-state index contributed by atoms with van der Waals surface area (Å²) < 4.78 is 2.32. The van der Waals surface area contributed by atoms with Crippen molar-refractivity contribution in [2.45, 2.75) is 52.0 Å². The third-order valence-corrected chi connectivity index (χ3v) is 7.43. The first-order valence-electron chi connectivity index (χ1n) is 11.6. The lowest BCUT2D eigenvalue weighted by atomic mass is 10.1. The van der Waals surface area contributed by atoms with Gasteiger partial charge in [-0.05, 0) is 89.6 Å². The van der Waals surface area contributed by atoms with Gasteiger partial charge in [-0.2, -0.15) is 4.98 Å². The van der Waals surface area contributed by atoms with Crippen molar-refractivity contribution in [3.63, 3.8) is 0 Å². The SMILES string of the molecule is C/C=C(\C)CCNCCCNC[C@@H]1CC[C@H](n2cc(-c3nccs3)c3cnc(Cl)nc32)C1. The second-order valence-corrected chi connectivity index (χ2v) is 9.92. The van der Waals surface area contributed by atoms with Gasteiger partial charge >= 0.3 is 0 Å². The molecule has 3 aromatic rings. The van der Waals surface area contributed by atoms with Crippen LogP contribution in [0.3, 0.4) is 0 Å². The molecule has 2 N–H and O–H groups in total. The molecule has 1 saturated carbocycles. The van der Waals surface area contributed by atoms with Crippen molar-refractivity contribution in [2.75, 3.05) is 26.2 Å². The Morgan fingerprint density at radius 1 is 1.25 bits per heavy atom. The molecule has 2 atom stereocenters. The maximum atomic E-state index is 6.15. The molecule has 1 fully saturated rings. The maximum absolute atomic E-state index is 6.15. The lowest BCUT2D eigenvalue weighted by Crippen LogP contribution is -2.26. The van der Waals surface area contributed by atoms with E-state index in [-0.39, 0.29) is 0 Å². The van der Waals surface area contributed by atoms with E-state index in [1.54, 1.807) is 11.3 Å². The molecule has 3 heterocycles. The molecule has 0 bridgehead atoms. The van der Waals surface area contributed by atoms with Crippen molar-refractivity contribution >= 4 is 34.0 Å². The fraction of sp³-hybridized carbons (Fsp3) is 0.542. The molecular formula is C24H33ClN6S. The number of nitrogens with one attached hydrogen (secondary N) is 2. The molecule has 0 spiro atoms. The van der Waals surface area contributed by atoms with Crippen molar-refractivity contribution in [2.24, 2.45) is 5.92 Å². The van der Waals surface area contributed by atoms with Crippen LogP contribution in [0, 0.1) is 5.92 Å². The average molecular weight is 473 g/mol. The van der Waals surface area contributed by atoms with E-state index in [1.165, 1.54) is 24.8 Å². The van der Waals surface area contributed by atoms with Crippen LogP contribution < -0.4 is 10.6 Å². The average Bonchev–Trinajstić information content (AvgIpc) is 3.54. The highest BCUT2D eigenvalue weighted by atomic mass is 35.5. The third kappa shape index (κ3) is 5.76. The van der Waals surface area contributed by atoms with Gasteiger partial charge < -0.3 is 15.2 Å². The Labute approximate surface area is 199 Å². The van der Waals surface area contributed by atoms with Crippen molar-refractivity contribution in [3.8, 4) is 10.6 Å². The Morgan fingerprint density at radius 3 is 2.94 bits per heavy atom. The van der Waals surface area contributed by atoms with Crippen molar-refractivity contribution in [3.05, 3.63) is 40.9 Å². The standard InChI is InChI=1S/C24H33ClN6S/c1-3-17(2)7-10-26-8-4-9-27-14-18-5-6-19(13-18)31-16-21(23-28-11-12-32-23)20-15-29-24(25)30-22(20)31/h3,11-12,15-16,18-19,26-27H,4-10,13-14H2,1-2H3/b17-3+/t18-,19+/m1/s1. The number of hydrogen-bond acceptors (Lipinski definition) is 6. The van der Waals surface area contributed by atoms with Gasteiger partial charge in [0, 0.05) is 41.0 Å². The summed E-state index contributed by atoms with van der Waals surface area (Å²) in [6, 6.07) is 0.445. The van der Waals surface area contributed by atoms with Gasteiger partial charge in [-0.3, -0.25) is 0 Å². The van der Waals surface area contributed by atoms with E-state index in [1.807, 2.05) is 17.8 Å². The van der Waals surface area contributed by atoms with Crippen molar-refractivity contribution < 1.29 is 0 Å². The van der Waals surface area contributed by atoms with Gasteiger partial charge in [-0.1, -0.05) is 11.6 Å². The van der Waals surface area contributed by atoms with Crippen molar-refractivity contribution in [1.29, 1.82) is 0 Å². The summed E-state index contributed by atoms with van der Waals surface area (Å²) in [5, 5.41) is 11.5. The summed E-state index contributed by atoms with van der Waals surface area (Å²) in [7, 11) is 0. The largest absolute Gasteiger partial charge is 0.329 e. The predicted molar refractivity (Wildman–Crippen MR) is 134 cm³/mol. The Kier molecular flexibility index (Phi) is 8.30. The molecule has 0 radical (unpaired) electrons. The Bertz CT molecular complexity index is 1030. The highest BCUT2D eigenvalue weighted by Crippen LogP contribution is 2.39. The lowest BCUT2D eigenvalue weighted by Gasteiger charge is -2.15. The number of rotatable bonds is 11. The smallest absolute Gasteiger partial charge is 0.224 e. The first-order chi connectivity index (χ1) is 15.7. The van der Waals surface area contributed by atoms with Crippen LogP contribution in [-0.4, -0.2) is 45.7 Å². The molecule has 1 aliphatic rings. The summed E-state index contributed by atoms with van der Waals surface area (Å²) >= 11 is 7.79. The van der Waals surface area contributed by atoms with Crippen LogP contribution >= 0.6 is 22.9 Å². The van der Waals surface area contributed by atoms with Crippen LogP contribution in [-0.2, 0) is 0 Å². The number of aromatic nitrogens is 4. The Hall–Kier alpha value is -1.80. The van der Waals surface area contributed by atoms with Gasteiger partial charge in [0.15, 0.2) is 0 Å². The van der Waals surface area contributed by atoms with E-state index < -0.39 is 0 Å². The number of nitrogens with zero attached hydrogens (tertiary/aromatic N) is 4. The van der Waals surface area contributed by atoms with E-state index in [0.29, 0.717) is 17.2 Å². The Balaban J connectivity index is 1.28. The molecule has 0 amide bonds. The monoisotopic (exact) mass is 472 g/mol. The van der Waals surface area contributed by atoms with Crippen LogP contribution in [0.1, 0.15) is 52.0 Å². The highest BCUT2D eigenvalue weighted by Gasteiger charge is 2.28. The minimum Gasteiger partial charge on any atom is -0.329 e. The molecular weight excluding hydrogens is 440 g/mol. The Morgan fingerprint density at radius 2 is 2.12 bits per heavy atom. The molecule has 32 heavy (non-hydrogen) atoms. The first-order valence-corrected chi connectivity index (χ1v) is 12.9. The molecule has 0 aliphatic heterocycles. The molecule has 1 aliphatic carbocycles. The number of halogens is 1. The van der Waals surface area contributed by atoms with Gasteiger partial charge in [-0.25, -0.2) is 9.97 Å². The van der Waals surface area contributed by atoms with Crippen LogP contribution in [0.2, 0.25) is 5.28 Å². The van der Waals surface area contributed by atoms with E-state index >= 15 is 0 Å². The molecule has 6 nitrogen and oxygen atoms in total. The van der Waals surface area contributed by atoms with Gasteiger partial charge in [0.25, 0.3) is 0 Å². The molecule has 0 unspecified atom stereocenters.